The highest BCUT2D eigenvalue weighted by Crippen LogP contribution is 2.61. The van der Waals surface area contributed by atoms with E-state index in [4.69, 9.17) is 4.74 Å². The van der Waals surface area contributed by atoms with E-state index in [9.17, 15) is 0 Å². The average molecular weight is 222 g/mol. The summed E-state index contributed by atoms with van der Waals surface area (Å²) in [6.45, 7) is 9.53. The fourth-order valence-corrected chi connectivity index (χ4v) is 4.94. The molecule has 2 saturated carbocycles. The number of ether oxygens (including phenoxy) is 1. The van der Waals surface area contributed by atoms with Gasteiger partial charge in [-0.1, -0.05) is 13.8 Å². The van der Waals surface area contributed by atoms with Crippen LogP contribution in [0.1, 0.15) is 59.8 Å². The maximum atomic E-state index is 6.65. The average Bonchev–Trinajstić information content (AvgIpc) is 2.57. The van der Waals surface area contributed by atoms with Gasteiger partial charge in [-0.2, -0.15) is 0 Å². The fourth-order valence-electron chi connectivity index (χ4n) is 4.94. The van der Waals surface area contributed by atoms with Crippen molar-refractivity contribution >= 4 is 0 Å². The van der Waals surface area contributed by atoms with Crippen LogP contribution >= 0.6 is 0 Å². The van der Waals surface area contributed by atoms with Crippen LogP contribution in [0.5, 0.6) is 0 Å². The van der Waals surface area contributed by atoms with Crippen molar-refractivity contribution in [2.75, 3.05) is 0 Å². The van der Waals surface area contributed by atoms with Crippen LogP contribution in [-0.2, 0) is 4.74 Å². The number of fused-ring (bicyclic) bond motifs is 1. The minimum absolute atomic E-state index is 0.136. The smallest absolute Gasteiger partial charge is 0.0749 e. The lowest BCUT2D eigenvalue weighted by Crippen LogP contribution is -2.43. The van der Waals surface area contributed by atoms with E-state index in [1.165, 1.54) is 32.1 Å². The standard InChI is InChI=1S/C15H26O/c1-10-5-7-12-9-15(16-14(12,3)4)11(2)6-8-13(10)15/h10-13H,5-9H2,1-4H3/t10-,11-,12+,13?,15-/m1/s1. The monoisotopic (exact) mass is 222 g/mol. The maximum Gasteiger partial charge on any atom is 0.0749 e. The molecule has 1 nitrogen and oxygen atoms in total. The van der Waals surface area contributed by atoms with Crippen LogP contribution < -0.4 is 0 Å². The molecule has 0 aromatic rings. The zero-order chi connectivity index (χ0) is 11.6. The van der Waals surface area contributed by atoms with Crippen LogP contribution in [0.15, 0.2) is 0 Å². The zero-order valence-electron chi connectivity index (χ0n) is 11.3. The first kappa shape index (κ1) is 11.1. The second-order valence-corrected chi connectivity index (χ2v) is 7.20. The Morgan fingerprint density at radius 1 is 1.00 bits per heavy atom. The van der Waals surface area contributed by atoms with Gasteiger partial charge in [0.1, 0.15) is 0 Å². The van der Waals surface area contributed by atoms with Gasteiger partial charge in [0, 0.05) is 0 Å². The minimum Gasteiger partial charge on any atom is -0.368 e. The van der Waals surface area contributed by atoms with Gasteiger partial charge in [-0.05, 0) is 69.6 Å². The van der Waals surface area contributed by atoms with Crippen LogP contribution in [0.2, 0.25) is 0 Å². The Balaban J connectivity index is 2.01. The van der Waals surface area contributed by atoms with Crippen molar-refractivity contribution in [1.82, 2.24) is 0 Å². The predicted molar refractivity (Wildman–Crippen MR) is 66.3 cm³/mol. The van der Waals surface area contributed by atoms with Crippen molar-refractivity contribution in [2.45, 2.75) is 71.0 Å². The van der Waals surface area contributed by atoms with Crippen molar-refractivity contribution in [1.29, 1.82) is 0 Å². The Hall–Kier alpha value is -0.0400. The summed E-state index contributed by atoms with van der Waals surface area (Å²) in [5.74, 6) is 3.31. The third-order valence-electron chi connectivity index (χ3n) is 6.03. The summed E-state index contributed by atoms with van der Waals surface area (Å²) in [4.78, 5) is 0. The Kier molecular flexibility index (Phi) is 2.25. The quantitative estimate of drug-likeness (QED) is 0.601. The van der Waals surface area contributed by atoms with Crippen LogP contribution in [-0.4, -0.2) is 11.2 Å². The fraction of sp³-hybridized carbons (Fsp3) is 1.00. The van der Waals surface area contributed by atoms with Gasteiger partial charge in [0.25, 0.3) is 0 Å². The summed E-state index contributed by atoms with van der Waals surface area (Å²) in [7, 11) is 0. The van der Waals surface area contributed by atoms with Gasteiger partial charge in [-0.15, -0.1) is 0 Å². The van der Waals surface area contributed by atoms with Crippen molar-refractivity contribution in [3.05, 3.63) is 0 Å². The molecule has 3 fully saturated rings. The van der Waals surface area contributed by atoms with Gasteiger partial charge in [-0.25, -0.2) is 0 Å². The summed E-state index contributed by atoms with van der Waals surface area (Å²) in [5, 5.41) is 0. The molecule has 0 radical (unpaired) electrons. The van der Waals surface area contributed by atoms with Crippen LogP contribution in [0.3, 0.4) is 0 Å². The van der Waals surface area contributed by atoms with Gasteiger partial charge in [0.05, 0.1) is 11.2 Å². The molecular formula is C15H26O. The maximum absolute atomic E-state index is 6.65. The molecule has 3 rings (SSSR count). The van der Waals surface area contributed by atoms with Crippen molar-refractivity contribution in [3.8, 4) is 0 Å². The van der Waals surface area contributed by atoms with Crippen LogP contribution in [0.4, 0.5) is 0 Å². The van der Waals surface area contributed by atoms with Gasteiger partial charge in [0.15, 0.2) is 0 Å². The first-order chi connectivity index (χ1) is 7.46. The molecule has 1 unspecified atom stereocenters. The minimum atomic E-state index is 0.136. The van der Waals surface area contributed by atoms with Crippen LogP contribution in [0.25, 0.3) is 0 Å². The van der Waals surface area contributed by atoms with E-state index < -0.39 is 0 Å². The highest BCUT2D eigenvalue weighted by Gasteiger charge is 2.61. The first-order valence-corrected chi connectivity index (χ1v) is 7.16. The molecule has 0 amide bonds. The molecule has 1 spiro atoms. The lowest BCUT2D eigenvalue weighted by Gasteiger charge is -2.40. The van der Waals surface area contributed by atoms with E-state index in [1.807, 2.05) is 0 Å². The van der Waals surface area contributed by atoms with Gasteiger partial charge >= 0.3 is 0 Å². The van der Waals surface area contributed by atoms with Gasteiger partial charge < -0.3 is 4.74 Å². The molecule has 1 heterocycles. The summed E-state index contributed by atoms with van der Waals surface area (Å²) in [6, 6.07) is 0. The molecule has 1 aliphatic heterocycles. The topological polar surface area (TPSA) is 9.23 Å². The molecule has 0 aromatic heterocycles. The third kappa shape index (κ3) is 1.27. The molecule has 2 aliphatic carbocycles. The summed E-state index contributed by atoms with van der Waals surface area (Å²) in [6.07, 6.45) is 6.95. The Morgan fingerprint density at radius 3 is 2.50 bits per heavy atom. The Labute approximate surface area is 99.9 Å². The highest BCUT2D eigenvalue weighted by atomic mass is 16.5. The predicted octanol–water partition coefficient (Wildman–Crippen LogP) is 4.02. The van der Waals surface area contributed by atoms with E-state index in [0.29, 0.717) is 0 Å². The van der Waals surface area contributed by atoms with E-state index in [2.05, 4.69) is 27.7 Å². The normalized spacial score (nSPS) is 54.8. The zero-order valence-corrected chi connectivity index (χ0v) is 11.3. The van der Waals surface area contributed by atoms with Crippen LogP contribution in [0, 0.1) is 23.7 Å². The van der Waals surface area contributed by atoms with Crippen molar-refractivity contribution in [2.24, 2.45) is 23.7 Å². The molecule has 0 N–H and O–H groups in total. The SMILES string of the molecule is C[C@@H]1CC[C@H]2C[C@]3(OC2(C)C)C1CC[C@H]3C. The second-order valence-electron chi connectivity index (χ2n) is 7.20. The molecule has 2 bridgehead atoms. The first-order valence-electron chi connectivity index (χ1n) is 7.16. The molecule has 16 heavy (non-hydrogen) atoms. The molecule has 0 aromatic carbocycles. The molecule has 1 heteroatoms. The van der Waals surface area contributed by atoms with E-state index in [0.717, 1.165) is 23.7 Å². The Bertz CT molecular complexity index is 296. The number of hydrogen-bond acceptors (Lipinski definition) is 1. The van der Waals surface area contributed by atoms with E-state index in [1.54, 1.807) is 0 Å². The van der Waals surface area contributed by atoms with Crippen molar-refractivity contribution < 1.29 is 4.74 Å². The molecule has 3 aliphatic rings. The molecule has 5 atom stereocenters. The largest absolute Gasteiger partial charge is 0.368 e. The van der Waals surface area contributed by atoms with E-state index in [-0.39, 0.29) is 11.2 Å². The summed E-state index contributed by atoms with van der Waals surface area (Å²) >= 11 is 0. The lowest BCUT2D eigenvalue weighted by molar-refractivity contribution is -0.145. The second kappa shape index (κ2) is 3.25. The Morgan fingerprint density at radius 2 is 1.75 bits per heavy atom. The molecular weight excluding hydrogens is 196 g/mol. The lowest BCUT2D eigenvalue weighted by atomic mass is 9.77. The molecule has 1 saturated heterocycles. The van der Waals surface area contributed by atoms with E-state index >= 15 is 0 Å². The highest BCUT2D eigenvalue weighted by molar-refractivity contribution is 5.10. The van der Waals surface area contributed by atoms with Crippen molar-refractivity contribution in [3.63, 3.8) is 0 Å². The summed E-state index contributed by atoms with van der Waals surface area (Å²) < 4.78 is 6.65. The third-order valence-corrected chi connectivity index (χ3v) is 6.03. The van der Waals surface area contributed by atoms with Gasteiger partial charge in [-0.3, -0.25) is 0 Å². The van der Waals surface area contributed by atoms with Gasteiger partial charge in [0.2, 0.25) is 0 Å². The summed E-state index contributed by atoms with van der Waals surface area (Å²) in [5.41, 5.74) is 0.390. The number of hydrogen-bond donors (Lipinski definition) is 0. The molecule has 92 valence electrons. The number of rotatable bonds is 0.